The molecule has 0 radical (unpaired) electrons. The summed E-state index contributed by atoms with van der Waals surface area (Å²) in [5, 5.41) is 0.363. The van der Waals surface area contributed by atoms with Crippen molar-refractivity contribution in [3.63, 3.8) is 0 Å². The number of ether oxygens (including phenoxy) is 2. The lowest BCUT2D eigenvalue weighted by Crippen LogP contribution is -2.26. The van der Waals surface area contributed by atoms with Gasteiger partial charge in [-0.1, -0.05) is 23.7 Å². The Morgan fingerprint density at radius 1 is 1.24 bits per heavy atom. The molecule has 0 aliphatic carbocycles. The van der Waals surface area contributed by atoms with E-state index in [9.17, 15) is 4.79 Å². The SMILES string of the molecule is CCOc1c(Cl)cc(C(=O)N(C)Cc2ccc(SC)cc2)cc1OC. The number of nitrogens with zero attached hydrogens (tertiary/aromatic N) is 1. The minimum atomic E-state index is -0.128. The minimum Gasteiger partial charge on any atom is -0.493 e. The van der Waals surface area contributed by atoms with E-state index in [2.05, 4.69) is 12.1 Å². The zero-order valence-electron chi connectivity index (χ0n) is 14.8. The van der Waals surface area contributed by atoms with Gasteiger partial charge in [0.2, 0.25) is 0 Å². The molecule has 0 saturated carbocycles. The van der Waals surface area contributed by atoms with Crippen LogP contribution in [0, 0.1) is 0 Å². The molecule has 6 heteroatoms. The lowest BCUT2D eigenvalue weighted by atomic mass is 10.1. The summed E-state index contributed by atoms with van der Waals surface area (Å²) in [6.45, 7) is 2.85. The summed E-state index contributed by atoms with van der Waals surface area (Å²) in [5.41, 5.74) is 1.53. The molecule has 0 atom stereocenters. The van der Waals surface area contributed by atoms with Crippen LogP contribution in [0.25, 0.3) is 0 Å². The maximum Gasteiger partial charge on any atom is 0.254 e. The van der Waals surface area contributed by atoms with Crippen LogP contribution in [0.1, 0.15) is 22.8 Å². The van der Waals surface area contributed by atoms with Crippen LogP contribution in [-0.2, 0) is 6.54 Å². The van der Waals surface area contributed by atoms with E-state index < -0.39 is 0 Å². The molecule has 4 nitrogen and oxygen atoms in total. The second kappa shape index (κ2) is 9.02. The largest absolute Gasteiger partial charge is 0.493 e. The summed E-state index contributed by atoms with van der Waals surface area (Å²) in [5.74, 6) is 0.783. The van der Waals surface area contributed by atoms with Gasteiger partial charge in [0.1, 0.15) is 0 Å². The highest BCUT2D eigenvalue weighted by Gasteiger charge is 2.18. The van der Waals surface area contributed by atoms with Gasteiger partial charge >= 0.3 is 0 Å². The summed E-state index contributed by atoms with van der Waals surface area (Å²) >= 11 is 7.95. The fourth-order valence-electron chi connectivity index (χ4n) is 2.42. The lowest BCUT2D eigenvalue weighted by molar-refractivity contribution is 0.0784. The zero-order valence-corrected chi connectivity index (χ0v) is 16.4. The number of methoxy groups -OCH3 is 1. The van der Waals surface area contributed by atoms with E-state index in [1.807, 2.05) is 25.3 Å². The van der Waals surface area contributed by atoms with Crippen LogP contribution in [0.15, 0.2) is 41.3 Å². The van der Waals surface area contributed by atoms with Crippen LogP contribution in [0.5, 0.6) is 11.5 Å². The van der Waals surface area contributed by atoms with Crippen molar-refractivity contribution in [3.05, 3.63) is 52.5 Å². The van der Waals surface area contributed by atoms with Crippen molar-refractivity contribution in [2.45, 2.75) is 18.4 Å². The Hall–Kier alpha value is -1.85. The number of carbonyl (C=O) groups is 1. The van der Waals surface area contributed by atoms with Gasteiger partial charge in [-0.25, -0.2) is 0 Å². The first-order valence-electron chi connectivity index (χ1n) is 7.88. The van der Waals surface area contributed by atoms with Crippen LogP contribution in [-0.4, -0.2) is 37.8 Å². The average molecular weight is 380 g/mol. The minimum absolute atomic E-state index is 0.128. The molecule has 0 spiro atoms. The molecule has 134 valence electrons. The average Bonchev–Trinajstić information content (AvgIpc) is 2.63. The van der Waals surface area contributed by atoms with Crippen LogP contribution in [0.3, 0.4) is 0 Å². The van der Waals surface area contributed by atoms with Gasteiger partial charge in [-0.3, -0.25) is 4.79 Å². The maximum atomic E-state index is 12.7. The highest BCUT2D eigenvalue weighted by atomic mass is 35.5. The number of benzene rings is 2. The predicted octanol–water partition coefficient (Wildman–Crippen LogP) is 4.74. The predicted molar refractivity (Wildman–Crippen MR) is 103 cm³/mol. The number of rotatable bonds is 7. The van der Waals surface area contributed by atoms with Crippen molar-refractivity contribution < 1.29 is 14.3 Å². The Labute approximate surface area is 158 Å². The fraction of sp³-hybridized carbons (Fsp3) is 0.316. The first kappa shape index (κ1) is 19.5. The molecule has 0 heterocycles. The lowest BCUT2D eigenvalue weighted by Gasteiger charge is -2.19. The van der Waals surface area contributed by atoms with Gasteiger partial charge in [-0.2, -0.15) is 0 Å². The number of hydrogen-bond donors (Lipinski definition) is 0. The van der Waals surface area contributed by atoms with E-state index in [0.29, 0.717) is 35.2 Å². The van der Waals surface area contributed by atoms with Crippen molar-refractivity contribution in [1.29, 1.82) is 0 Å². The molecular formula is C19H22ClNO3S. The van der Waals surface area contributed by atoms with E-state index in [0.717, 1.165) is 5.56 Å². The zero-order chi connectivity index (χ0) is 18.4. The molecule has 0 fully saturated rings. The standard InChI is InChI=1S/C19H22ClNO3S/c1-5-24-18-16(20)10-14(11-17(18)23-3)19(22)21(2)12-13-6-8-15(25-4)9-7-13/h6-11H,5,12H2,1-4H3. The first-order chi connectivity index (χ1) is 12.0. The third-order valence-corrected chi connectivity index (χ3v) is 4.71. The van der Waals surface area contributed by atoms with E-state index in [4.69, 9.17) is 21.1 Å². The molecular weight excluding hydrogens is 358 g/mol. The molecule has 0 aliphatic rings. The van der Waals surface area contributed by atoms with Crippen molar-refractivity contribution in [2.24, 2.45) is 0 Å². The van der Waals surface area contributed by atoms with Gasteiger partial charge < -0.3 is 14.4 Å². The number of thioether (sulfide) groups is 1. The molecule has 1 amide bonds. The van der Waals surface area contributed by atoms with Gasteiger partial charge in [0.15, 0.2) is 11.5 Å². The smallest absolute Gasteiger partial charge is 0.254 e. The molecule has 0 N–H and O–H groups in total. The van der Waals surface area contributed by atoms with Crippen LogP contribution < -0.4 is 9.47 Å². The van der Waals surface area contributed by atoms with Gasteiger partial charge in [-0.05, 0) is 43.0 Å². The van der Waals surface area contributed by atoms with E-state index >= 15 is 0 Å². The second-order valence-corrected chi connectivity index (χ2v) is 6.72. The van der Waals surface area contributed by atoms with Gasteiger partial charge in [0.05, 0.1) is 18.7 Å². The van der Waals surface area contributed by atoms with Crippen LogP contribution in [0.2, 0.25) is 5.02 Å². The molecule has 0 aromatic heterocycles. The first-order valence-corrected chi connectivity index (χ1v) is 9.49. The summed E-state index contributed by atoms with van der Waals surface area (Å²) in [4.78, 5) is 15.6. The summed E-state index contributed by atoms with van der Waals surface area (Å²) in [6, 6.07) is 11.4. The summed E-state index contributed by atoms with van der Waals surface area (Å²) < 4.78 is 10.8. The second-order valence-electron chi connectivity index (χ2n) is 5.43. The molecule has 2 aromatic rings. The van der Waals surface area contributed by atoms with Gasteiger partial charge in [0, 0.05) is 24.1 Å². The molecule has 2 aromatic carbocycles. The summed E-state index contributed by atoms with van der Waals surface area (Å²) in [7, 11) is 3.29. The number of amides is 1. The Kier molecular flexibility index (Phi) is 7.02. The Morgan fingerprint density at radius 2 is 1.92 bits per heavy atom. The monoisotopic (exact) mass is 379 g/mol. The van der Waals surface area contributed by atoms with Crippen molar-refractivity contribution in [3.8, 4) is 11.5 Å². The van der Waals surface area contributed by atoms with Gasteiger partial charge in [-0.15, -0.1) is 11.8 Å². The normalized spacial score (nSPS) is 10.4. The number of halogens is 1. The highest BCUT2D eigenvalue weighted by molar-refractivity contribution is 7.98. The molecule has 0 saturated heterocycles. The van der Waals surface area contributed by atoms with Gasteiger partial charge in [0.25, 0.3) is 5.91 Å². The van der Waals surface area contributed by atoms with E-state index in [1.54, 1.807) is 35.8 Å². The van der Waals surface area contributed by atoms with E-state index in [-0.39, 0.29) is 5.91 Å². The third kappa shape index (κ3) is 4.83. The molecule has 0 unspecified atom stereocenters. The number of hydrogen-bond acceptors (Lipinski definition) is 4. The Balaban J connectivity index is 2.19. The molecule has 2 rings (SSSR count). The van der Waals surface area contributed by atoms with Crippen molar-refractivity contribution in [1.82, 2.24) is 4.90 Å². The summed E-state index contributed by atoms with van der Waals surface area (Å²) in [6.07, 6.45) is 2.04. The molecule has 25 heavy (non-hydrogen) atoms. The Bertz CT molecular complexity index is 734. The third-order valence-electron chi connectivity index (χ3n) is 3.69. The van der Waals surface area contributed by atoms with Crippen molar-refractivity contribution in [2.75, 3.05) is 27.0 Å². The topological polar surface area (TPSA) is 38.8 Å². The highest BCUT2D eigenvalue weighted by Crippen LogP contribution is 2.36. The fourth-order valence-corrected chi connectivity index (χ4v) is 3.10. The van der Waals surface area contributed by atoms with Crippen molar-refractivity contribution >= 4 is 29.3 Å². The number of carbonyl (C=O) groups excluding carboxylic acids is 1. The maximum absolute atomic E-state index is 12.7. The van der Waals surface area contributed by atoms with E-state index in [1.165, 1.54) is 12.0 Å². The quantitative estimate of drug-likeness (QED) is 0.651. The Morgan fingerprint density at radius 3 is 2.48 bits per heavy atom. The van der Waals surface area contributed by atoms with Crippen LogP contribution in [0.4, 0.5) is 0 Å². The molecule has 0 aliphatic heterocycles. The van der Waals surface area contributed by atoms with Crippen LogP contribution >= 0.6 is 23.4 Å². The molecule has 0 bridgehead atoms.